The molecule has 0 saturated heterocycles. The number of nitrogens with one attached hydrogen (secondary N) is 3. The van der Waals surface area contributed by atoms with Crippen molar-refractivity contribution in [2.45, 2.75) is 37.2 Å². The number of amides is 1. The molecule has 3 aliphatic rings. The molecule has 0 atom stereocenters. The Morgan fingerprint density at radius 1 is 1.32 bits per heavy atom. The first kappa shape index (κ1) is 19.7. The molecule has 1 saturated carbocycles. The normalized spacial score (nSPS) is 18.2. The van der Waals surface area contributed by atoms with Gasteiger partial charge in [0.1, 0.15) is 12.6 Å². The van der Waals surface area contributed by atoms with Crippen LogP contribution in [0.25, 0.3) is 0 Å². The van der Waals surface area contributed by atoms with Gasteiger partial charge in [0.05, 0.1) is 12.4 Å². The number of rotatable bonds is 6. The highest BCUT2D eigenvalue weighted by Gasteiger charge is 2.37. The lowest BCUT2D eigenvalue weighted by Crippen LogP contribution is -2.42. The molecular weight excluding hydrogens is 414 g/mol. The smallest absolute Gasteiger partial charge is 0.411 e. The minimum absolute atomic E-state index is 0.0708. The van der Waals surface area contributed by atoms with E-state index in [9.17, 15) is 4.79 Å². The second kappa shape index (κ2) is 8.48. The molecule has 1 aromatic carbocycles. The zero-order valence-electron chi connectivity index (χ0n) is 17.0. The molecule has 9 nitrogen and oxygen atoms in total. The maximum atomic E-state index is 11.9. The van der Waals surface area contributed by atoms with Crippen molar-refractivity contribution in [1.82, 2.24) is 19.4 Å². The summed E-state index contributed by atoms with van der Waals surface area (Å²) in [6, 6.07) is 9.66. The van der Waals surface area contributed by atoms with Gasteiger partial charge in [-0.2, -0.15) is 10.1 Å². The Morgan fingerprint density at radius 3 is 2.87 bits per heavy atom. The van der Waals surface area contributed by atoms with Crippen LogP contribution in [0.4, 0.5) is 16.3 Å². The quantitative estimate of drug-likeness (QED) is 0.465. The van der Waals surface area contributed by atoms with Crippen molar-refractivity contribution in [3.05, 3.63) is 60.4 Å². The molecule has 1 aliphatic carbocycles. The molecule has 0 unspecified atom stereocenters. The average molecular weight is 438 g/mol. The first-order valence-corrected chi connectivity index (χ1v) is 11.0. The molecule has 5 rings (SSSR count). The number of aliphatic imine (C=N–C) groups is 1. The zero-order valence-corrected chi connectivity index (χ0v) is 17.9. The molecule has 1 radical (unpaired) electrons. The van der Waals surface area contributed by atoms with Crippen molar-refractivity contribution in [3.8, 4) is 0 Å². The molecule has 0 bridgehead atoms. The fourth-order valence-corrected chi connectivity index (χ4v) is 4.20. The lowest BCUT2D eigenvalue weighted by atomic mass is 9.96. The number of nitrogens with zero attached hydrogens (tertiary/aromatic N) is 4. The minimum Gasteiger partial charge on any atom is -0.446 e. The summed E-state index contributed by atoms with van der Waals surface area (Å²) in [5.74, 6) is 2.55. The summed E-state index contributed by atoms with van der Waals surface area (Å²) in [7, 11) is 0. The van der Waals surface area contributed by atoms with Gasteiger partial charge in [-0.1, -0.05) is 0 Å². The Bertz CT molecular complexity index is 1060. The van der Waals surface area contributed by atoms with Gasteiger partial charge in [0.25, 0.3) is 11.7 Å². The van der Waals surface area contributed by atoms with Crippen molar-refractivity contribution in [3.63, 3.8) is 0 Å². The van der Waals surface area contributed by atoms with E-state index in [0.717, 1.165) is 53.0 Å². The topological polar surface area (TPSA) is 101 Å². The van der Waals surface area contributed by atoms with Crippen LogP contribution in [0.1, 0.15) is 25.0 Å². The predicted octanol–water partition coefficient (Wildman–Crippen LogP) is 4.08. The van der Waals surface area contributed by atoms with Gasteiger partial charge >= 0.3 is 6.09 Å². The summed E-state index contributed by atoms with van der Waals surface area (Å²) >= 11 is 1.59. The third-order valence-corrected chi connectivity index (χ3v) is 6.10. The Labute approximate surface area is 184 Å². The number of hydrogen-bond donors (Lipinski definition) is 3. The van der Waals surface area contributed by atoms with Crippen LogP contribution in [0, 0.1) is 6.92 Å². The number of anilines is 2. The summed E-state index contributed by atoms with van der Waals surface area (Å²) in [6.07, 6.45) is 8.49. The number of aromatic nitrogens is 2. The van der Waals surface area contributed by atoms with Gasteiger partial charge in [-0.05, 0) is 67.3 Å². The molecular formula is C21H23N7O2S+. The van der Waals surface area contributed by atoms with Crippen molar-refractivity contribution in [1.29, 1.82) is 0 Å². The second-order valence-corrected chi connectivity index (χ2v) is 8.69. The largest absolute Gasteiger partial charge is 0.446 e. The van der Waals surface area contributed by atoms with Crippen LogP contribution in [-0.2, 0) is 4.74 Å². The van der Waals surface area contributed by atoms with E-state index in [1.54, 1.807) is 18.1 Å². The van der Waals surface area contributed by atoms with E-state index in [1.807, 2.05) is 54.6 Å². The number of fused-ring (bicyclic) bond motifs is 1. The van der Waals surface area contributed by atoms with E-state index in [2.05, 4.69) is 30.1 Å². The summed E-state index contributed by atoms with van der Waals surface area (Å²) < 4.78 is 7.44. The molecule has 31 heavy (non-hydrogen) atoms. The number of carbonyl (C=O) groups is 1. The van der Waals surface area contributed by atoms with Crippen molar-refractivity contribution in [2.24, 2.45) is 4.99 Å². The van der Waals surface area contributed by atoms with Crippen molar-refractivity contribution >= 4 is 35.4 Å². The minimum atomic E-state index is -0.389. The SMILES string of the molecule is Cc1cc(NC2=CN(Sc3ccc(NC(=O)OC4CCC4)cc3)CC3=NC=C[N+]23)n[nH]1. The number of amidine groups is 1. The van der Waals surface area contributed by atoms with Gasteiger partial charge in [-0.3, -0.25) is 20.0 Å². The Kier molecular flexibility index (Phi) is 5.39. The second-order valence-electron chi connectivity index (χ2n) is 7.56. The Morgan fingerprint density at radius 2 is 2.16 bits per heavy atom. The van der Waals surface area contributed by atoms with Crippen LogP contribution in [0.3, 0.4) is 0 Å². The third kappa shape index (κ3) is 4.59. The van der Waals surface area contributed by atoms with Crippen LogP contribution in [-0.4, -0.2) is 39.1 Å². The van der Waals surface area contributed by atoms with E-state index < -0.39 is 0 Å². The highest BCUT2D eigenvalue weighted by Crippen LogP contribution is 2.29. The molecule has 0 spiro atoms. The predicted molar refractivity (Wildman–Crippen MR) is 120 cm³/mol. The summed E-state index contributed by atoms with van der Waals surface area (Å²) in [5, 5.41) is 13.3. The van der Waals surface area contributed by atoms with Crippen molar-refractivity contribution in [2.75, 3.05) is 17.2 Å². The van der Waals surface area contributed by atoms with Gasteiger partial charge < -0.3 is 4.74 Å². The third-order valence-electron chi connectivity index (χ3n) is 5.15. The first-order valence-electron chi connectivity index (χ1n) is 10.2. The molecule has 3 heterocycles. The lowest BCUT2D eigenvalue weighted by Gasteiger charge is -2.25. The fourth-order valence-electron chi connectivity index (χ4n) is 3.34. The van der Waals surface area contributed by atoms with Gasteiger partial charge in [0.15, 0.2) is 12.0 Å². The van der Waals surface area contributed by atoms with E-state index in [4.69, 9.17) is 4.74 Å². The molecule has 3 N–H and O–H groups in total. The number of carbonyl (C=O) groups excluding carboxylic acids is 1. The summed E-state index contributed by atoms with van der Waals surface area (Å²) in [5.41, 5.74) is 1.70. The fraction of sp³-hybridized carbons (Fsp3) is 0.286. The van der Waals surface area contributed by atoms with Gasteiger partial charge in [0, 0.05) is 22.3 Å². The molecule has 2 aliphatic heterocycles. The molecule has 10 heteroatoms. The van der Waals surface area contributed by atoms with Crippen LogP contribution in [0.2, 0.25) is 0 Å². The Balaban J connectivity index is 1.23. The van der Waals surface area contributed by atoms with E-state index >= 15 is 0 Å². The van der Waals surface area contributed by atoms with Crippen LogP contribution >= 0.6 is 11.9 Å². The number of hydrogen-bond acceptors (Lipinski definition) is 8. The summed E-state index contributed by atoms with van der Waals surface area (Å²) in [4.78, 5) is 19.4. The molecule has 2 aromatic rings. The first-order chi connectivity index (χ1) is 15.1. The number of benzene rings is 1. The van der Waals surface area contributed by atoms with Crippen LogP contribution in [0.5, 0.6) is 0 Å². The maximum absolute atomic E-state index is 11.9. The molecule has 1 fully saturated rings. The van der Waals surface area contributed by atoms with Gasteiger partial charge in [-0.15, -0.1) is 0 Å². The highest BCUT2D eigenvalue weighted by molar-refractivity contribution is 7.97. The van der Waals surface area contributed by atoms with Gasteiger partial charge in [0.2, 0.25) is 0 Å². The van der Waals surface area contributed by atoms with E-state index in [1.165, 1.54) is 0 Å². The highest BCUT2D eigenvalue weighted by atomic mass is 32.2. The number of aromatic amines is 1. The molecule has 1 aromatic heterocycles. The lowest BCUT2D eigenvalue weighted by molar-refractivity contribution is 0.0624. The molecule has 1 amide bonds. The number of H-pyrrole nitrogens is 1. The maximum Gasteiger partial charge on any atom is 0.411 e. The van der Waals surface area contributed by atoms with Crippen LogP contribution in [0.15, 0.2) is 64.6 Å². The monoisotopic (exact) mass is 437 g/mol. The number of ether oxygens (including phenoxy) is 1. The van der Waals surface area contributed by atoms with Crippen molar-refractivity contribution < 1.29 is 9.53 Å². The van der Waals surface area contributed by atoms with Crippen LogP contribution < -0.4 is 15.5 Å². The zero-order chi connectivity index (χ0) is 21.2. The number of aryl methyl sites for hydroxylation is 1. The van der Waals surface area contributed by atoms with Gasteiger partial charge in [-0.25, -0.2) is 4.79 Å². The van der Waals surface area contributed by atoms with E-state index in [-0.39, 0.29) is 12.2 Å². The average Bonchev–Trinajstić information content (AvgIpc) is 3.35. The Hall–Kier alpha value is -3.24. The standard InChI is InChI=1S/C21H23N7O2S/c1-14-11-18(26-25-14)24-20-13-27(12-19-22-9-10-28(19)20)31-17-7-5-15(6-8-17)23-21(29)30-16-3-2-4-16/h5-11,13,16H,2-4,12H2,1H3,(H,23,29)(H2,24,25,26)/q+1. The summed E-state index contributed by atoms with van der Waals surface area (Å²) in [6.45, 7) is 2.62. The molecule has 159 valence electrons. The van der Waals surface area contributed by atoms with E-state index in [0.29, 0.717) is 6.54 Å².